The molecule has 0 aromatic heterocycles. The lowest BCUT2D eigenvalue weighted by Crippen LogP contribution is -2.40. The van der Waals surface area contributed by atoms with Gasteiger partial charge in [0.25, 0.3) is 5.91 Å². The number of nitrogens with one attached hydrogen (secondary N) is 1. The van der Waals surface area contributed by atoms with Crippen LogP contribution in [0.15, 0.2) is 47.8 Å². The van der Waals surface area contributed by atoms with Gasteiger partial charge in [-0.3, -0.25) is 9.59 Å². The first-order valence-corrected chi connectivity index (χ1v) is 9.29. The highest BCUT2D eigenvalue weighted by atomic mass is 19.1. The van der Waals surface area contributed by atoms with Crippen LogP contribution in [0.2, 0.25) is 0 Å². The van der Waals surface area contributed by atoms with Crippen molar-refractivity contribution < 1.29 is 22.8 Å². The molecule has 2 heterocycles. The van der Waals surface area contributed by atoms with E-state index in [0.29, 0.717) is 31.0 Å². The molecule has 0 bridgehead atoms. The maximum absolute atomic E-state index is 14.0. The van der Waals surface area contributed by atoms with Crippen molar-refractivity contribution in [1.29, 1.82) is 0 Å². The van der Waals surface area contributed by atoms with E-state index in [4.69, 9.17) is 0 Å². The second-order valence-electron chi connectivity index (χ2n) is 6.86. The van der Waals surface area contributed by atoms with Crippen LogP contribution in [0.3, 0.4) is 0 Å². The monoisotopic (exact) mass is 401 g/mol. The fourth-order valence-electron chi connectivity index (χ4n) is 3.77. The summed E-state index contributed by atoms with van der Waals surface area (Å²) in [6.07, 6.45) is 0.852. The van der Waals surface area contributed by atoms with E-state index in [9.17, 15) is 22.8 Å². The molecular weight excluding hydrogens is 383 g/mol. The number of hydrogen-bond acceptors (Lipinski definition) is 4. The van der Waals surface area contributed by atoms with Crippen molar-refractivity contribution in [1.82, 2.24) is 0 Å². The molecule has 0 unspecified atom stereocenters. The number of carbonyl (C=O) groups is 2. The Hall–Kier alpha value is -3.29. The molecular formula is C21H18F3N3O2. The summed E-state index contributed by atoms with van der Waals surface area (Å²) in [5.41, 5.74) is 0.785. The second-order valence-corrected chi connectivity index (χ2v) is 6.86. The molecule has 29 heavy (non-hydrogen) atoms. The molecule has 1 N–H and O–H groups in total. The fraction of sp³-hybridized carbons (Fsp3) is 0.238. The van der Waals surface area contributed by atoms with Crippen LogP contribution in [-0.2, 0) is 9.59 Å². The van der Waals surface area contributed by atoms with Crippen LogP contribution in [-0.4, -0.2) is 24.8 Å². The Bertz CT molecular complexity index is 1030. The Morgan fingerprint density at radius 1 is 1.10 bits per heavy atom. The summed E-state index contributed by atoms with van der Waals surface area (Å²) in [5, 5.41) is 2.12. The normalized spacial score (nSPS) is 15.5. The second kappa shape index (κ2) is 7.27. The van der Waals surface area contributed by atoms with E-state index in [1.807, 2.05) is 41.0 Å². The molecule has 0 fully saturated rings. The van der Waals surface area contributed by atoms with Gasteiger partial charge < -0.3 is 15.1 Å². The Kier molecular flexibility index (Phi) is 4.77. The molecule has 2 aliphatic rings. The van der Waals surface area contributed by atoms with Crippen LogP contribution in [0.25, 0.3) is 0 Å². The highest BCUT2D eigenvalue weighted by Crippen LogP contribution is 2.44. The van der Waals surface area contributed by atoms with Crippen molar-refractivity contribution in [2.75, 3.05) is 28.2 Å². The van der Waals surface area contributed by atoms with Crippen LogP contribution in [0.1, 0.15) is 19.8 Å². The predicted octanol–water partition coefficient (Wildman–Crippen LogP) is 3.96. The number of nitrogens with zero attached hydrogens (tertiary/aromatic N) is 2. The van der Waals surface area contributed by atoms with Crippen LogP contribution < -0.4 is 15.1 Å². The number of para-hydroxylation sites is 2. The Morgan fingerprint density at radius 3 is 2.41 bits per heavy atom. The third kappa shape index (κ3) is 3.14. The largest absolute Gasteiger partial charge is 0.325 e. The molecule has 2 aromatic rings. The summed E-state index contributed by atoms with van der Waals surface area (Å²) in [6, 6.07) is 8.47. The van der Waals surface area contributed by atoms with Crippen molar-refractivity contribution in [2.24, 2.45) is 0 Å². The van der Waals surface area contributed by atoms with Crippen molar-refractivity contribution in [3.8, 4) is 0 Å². The van der Waals surface area contributed by atoms with E-state index < -0.39 is 34.8 Å². The number of fused-ring (bicyclic) bond motifs is 3. The summed E-state index contributed by atoms with van der Waals surface area (Å²) in [5.74, 6) is -4.52. The lowest BCUT2D eigenvalue weighted by Gasteiger charge is -2.31. The molecule has 4 rings (SSSR count). The topological polar surface area (TPSA) is 52.7 Å². The van der Waals surface area contributed by atoms with Crippen molar-refractivity contribution >= 4 is 28.8 Å². The van der Waals surface area contributed by atoms with Crippen LogP contribution in [0, 0.1) is 17.5 Å². The minimum atomic E-state index is -1.25. The van der Waals surface area contributed by atoms with Gasteiger partial charge in [-0.25, -0.2) is 13.2 Å². The number of rotatable bonds is 4. The Balaban J connectivity index is 1.80. The van der Waals surface area contributed by atoms with Gasteiger partial charge in [0.05, 0.1) is 11.4 Å². The molecule has 0 saturated carbocycles. The van der Waals surface area contributed by atoms with Gasteiger partial charge >= 0.3 is 0 Å². The molecule has 0 saturated heterocycles. The molecule has 0 atom stereocenters. The number of benzene rings is 2. The Morgan fingerprint density at radius 2 is 1.76 bits per heavy atom. The summed E-state index contributed by atoms with van der Waals surface area (Å²) in [7, 11) is 0. The molecule has 5 nitrogen and oxygen atoms in total. The average Bonchev–Trinajstić information content (AvgIpc) is 2.99. The number of Topliss-reactive ketones (excluding diaryl/α,β-unsaturated/α-hetero) is 1. The molecule has 1 amide bonds. The highest BCUT2D eigenvalue weighted by molar-refractivity contribution is 6.25. The van der Waals surface area contributed by atoms with Crippen LogP contribution in [0.5, 0.6) is 0 Å². The number of ketones is 1. The minimum Gasteiger partial charge on any atom is -0.325 e. The number of hydrogen-bond donors (Lipinski definition) is 1. The number of anilines is 3. The predicted molar refractivity (Wildman–Crippen MR) is 103 cm³/mol. The molecule has 2 aliphatic heterocycles. The molecule has 0 radical (unpaired) electrons. The van der Waals surface area contributed by atoms with Gasteiger partial charge in [-0.1, -0.05) is 19.1 Å². The summed E-state index contributed by atoms with van der Waals surface area (Å²) >= 11 is 0. The van der Waals surface area contributed by atoms with Crippen molar-refractivity contribution in [3.63, 3.8) is 0 Å². The zero-order valence-electron chi connectivity index (χ0n) is 15.6. The van der Waals surface area contributed by atoms with E-state index in [2.05, 4.69) is 5.32 Å². The third-order valence-corrected chi connectivity index (χ3v) is 4.96. The molecule has 2 aromatic carbocycles. The highest BCUT2D eigenvalue weighted by Gasteiger charge is 2.40. The van der Waals surface area contributed by atoms with Crippen molar-refractivity contribution in [2.45, 2.75) is 19.8 Å². The number of halogens is 3. The standard InChI is InChI=1S/C21H18F3N3O2/c1-2-8-26-15-5-3-4-6-16(15)27-9-7-17(28)18(21(26)27)20(29)25-19-13(23)10-12(22)11-14(19)24/h3-6,10-11H,2,7-9H2,1H3,(H,25,29). The quantitative estimate of drug-likeness (QED) is 0.788. The van der Waals surface area contributed by atoms with Gasteiger partial charge in [0.1, 0.15) is 22.9 Å². The molecule has 8 heteroatoms. The maximum Gasteiger partial charge on any atom is 0.263 e. The van der Waals surface area contributed by atoms with Gasteiger partial charge in [-0.15, -0.1) is 0 Å². The average molecular weight is 401 g/mol. The number of amides is 1. The van der Waals surface area contributed by atoms with E-state index in [1.165, 1.54) is 0 Å². The van der Waals surface area contributed by atoms with Gasteiger partial charge in [-0.05, 0) is 18.6 Å². The van der Waals surface area contributed by atoms with Crippen molar-refractivity contribution in [3.05, 3.63) is 65.2 Å². The smallest absolute Gasteiger partial charge is 0.263 e. The SMILES string of the molecule is CCCN1C2=C(C(=O)Nc3c(F)cc(F)cc3F)C(=O)CCN2c2ccccc21. The minimum absolute atomic E-state index is 0.0922. The van der Waals surface area contributed by atoms with Gasteiger partial charge in [-0.2, -0.15) is 0 Å². The first-order chi connectivity index (χ1) is 13.9. The molecule has 0 spiro atoms. The first kappa shape index (κ1) is 19.0. The van der Waals surface area contributed by atoms with E-state index >= 15 is 0 Å². The maximum atomic E-state index is 14.0. The lowest BCUT2D eigenvalue weighted by molar-refractivity contribution is -0.120. The van der Waals surface area contributed by atoms with Crippen LogP contribution in [0.4, 0.5) is 30.2 Å². The van der Waals surface area contributed by atoms with Gasteiger partial charge in [0.2, 0.25) is 0 Å². The van der Waals surface area contributed by atoms with E-state index in [0.717, 1.165) is 17.8 Å². The molecule has 150 valence electrons. The van der Waals surface area contributed by atoms with E-state index in [1.54, 1.807) is 0 Å². The summed E-state index contributed by atoms with van der Waals surface area (Å²) < 4.78 is 41.2. The van der Waals surface area contributed by atoms with Gasteiger partial charge in [0.15, 0.2) is 17.4 Å². The summed E-state index contributed by atoms with van der Waals surface area (Å²) in [4.78, 5) is 29.4. The van der Waals surface area contributed by atoms with Gasteiger partial charge in [0, 0.05) is 31.6 Å². The zero-order chi connectivity index (χ0) is 20.7. The fourth-order valence-corrected chi connectivity index (χ4v) is 3.77. The zero-order valence-corrected chi connectivity index (χ0v) is 15.6. The number of carbonyl (C=O) groups excluding carboxylic acids is 2. The lowest BCUT2D eigenvalue weighted by atomic mass is 10.0. The first-order valence-electron chi connectivity index (χ1n) is 9.29. The van der Waals surface area contributed by atoms with E-state index in [-0.39, 0.29) is 12.0 Å². The summed E-state index contributed by atoms with van der Waals surface area (Å²) in [6.45, 7) is 2.94. The third-order valence-electron chi connectivity index (χ3n) is 4.96. The van der Waals surface area contributed by atoms with Crippen LogP contribution >= 0.6 is 0 Å². The molecule has 0 aliphatic carbocycles. The Labute approximate surface area is 165 Å².